The van der Waals surface area contributed by atoms with Crippen molar-refractivity contribution in [1.29, 1.82) is 0 Å². The van der Waals surface area contributed by atoms with E-state index in [4.69, 9.17) is 4.42 Å². The third kappa shape index (κ3) is 4.50. The highest BCUT2D eigenvalue weighted by Crippen LogP contribution is 2.40. The van der Waals surface area contributed by atoms with Crippen LogP contribution in [-0.4, -0.2) is 31.8 Å². The zero-order valence-corrected chi connectivity index (χ0v) is 19.5. The fourth-order valence-corrected chi connectivity index (χ4v) is 5.32. The van der Waals surface area contributed by atoms with Crippen LogP contribution >= 0.6 is 23.1 Å². The average Bonchev–Trinajstić information content (AvgIpc) is 3.45. The molecule has 0 saturated carbocycles. The van der Waals surface area contributed by atoms with E-state index >= 15 is 0 Å². The van der Waals surface area contributed by atoms with Gasteiger partial charge in [-0.2, -0.15) is 0 Å². The fourth-order valence-electron chi connectivity index (χ4n) is 3.33. The van der Waals surface area contributed by atoms with Crippen LogP contribution in [0.15, 0.2) is 70.4 Å². The van der Waals surface area contributed by atoms with Crippen LogP contribution in [0.1, 0.15) is 11.1 Å². The number of amides is 1. The Kier molecular flexibility index (Phi) is 5.89. The lowest BCUT2D eigenvalue weighted by molar-refractivity contribution is -0.113. The number of hydrogen-bond acceptors (Lipinski definition) is 8. The van der Waals surface area contributed by atoms with E-state index in [1.165, 1.54) is 29.4 Å². The minimum absolute atomic E-state index is 0.0897. The molecule has 0 spiro atoms. The molecule has 0 radical (unpaired) electrons. The summed E-state index contributed by atoms with van der Waals surface area (Å²) in [4.78, 5) is 23.0. The predicted octanol–water partition coefficient (Wildman–Crippen LogP) is 5.76. The number of nitrogens with one attached hydrogen (secondary N) is 1. The molecule has 2 aromatic carbocycles. The molecule has 33 heavy (non-hydrogen) atoms. The number of benzene rings is 2. The van der Waals surface area contributed by atoms with Gasteiger partial charge in [0.25, 0.3) is 5.89 Å². The van der Waals surface area contributed by atoms with Gasteiger partial charge in [-0.1, -0.05) is 47.7 Å². The lowest BCUT2D eigenvalue weighted by Gasteiger charge is -2.06. The Morgan fingerprint density at radius 1 is 1.00 bits per heavy atom. The number of aromatic nitrogens is 4. The average molecular weight is 474 g/mol. The topological polar surface area (TPSA) is 93.8 Å². The number of thiophene rings is 1. The molecule has 1 N–H and O–H groups in total. The van der Waals surface area contributed by atoms with Gasteiger partial charge >= 0.3 is 0 Å². The van der Waals surface area contributed by atoms with Crippen molar-refractivity contribution in [2.45, 2.75) is 18.9 Å². The molecule has 3 heterocycles. The maximum Gasteiger partial charge on any atom is 0.258 e. The number of nitrogens with zero attached hydrogens (tertiary/aromatic N) is 4. The number of rotatable bonds is 6. The van der Waals surface area contributed by atoms with Crippen LogP contribution in [0.2, 0.25) is 0 Å². The van der Waals surface area contributed by atoms with Gasteiger partial charge in [0.05, 0.1) is 10.6 Å². The predicted molar refractivity (Wildman–Crippen MR) is 131 cm³/mol. The van der Waals surface area contributed by atoms with E-state index in [-0.39, 0.29) is 11.7 Å². The smallest absolute Gasteiger partial charge is 0.258 e. The monoisotopic (exact) mass is 473 g/mol. The van der Waals surface area contributed by atoms with E-state index in [0.29, 0.717) is 11.8 Å². The van der Waals surface area contributed by atoms with Crippen LogP contribution in [0.25, 0.3) is 32.4 Å². The van der Waals surface area contributed by atoms with Crippen LogP contribution in [0, 0.1) is 13.8 Å². The molecule has 3 aromatic heterocycles. The standard InChI is InChI=1S/C24H19N5O2S2/c1-14-8-10-17(11-9-14)27-18(30)12-32-23-19-15(2)20(33-24(19)26-13-25-23)22-29-28-21(31-22)16-6-4-3-5-7-16/h3-11,13H,12H2,1-2H3,(H,27,30). The second-order valence-electron chi connectivity index (χ2n) is 7.40. The summed E-state index contributed by atoms with van der Waals surface area (Å²) in [6, 6.07) is 17.4. The summed E-state index contributed by atoms with van der Waals surface area (Å²) in [5.41, 5.74) is 3.75. The Balaban J connectivity index is 1.37. The molecule has 164 valence electrons. The largest absolute Gasteiger partial charge is 0.415 e. The fraction of sp³-hybridized carbons (Fsp3) is 0.125. The second-order valence-corrected chi connectivity index (χ2v) is 9.36. The zero-order chi connectivity index (χ0) is 22.8. The van der Waals surface area contributed by atoms with Crippen LogP contribution in [0.5, 0.6) is 0 Å². The first-order valence-corrected chi connectivity index (χ1v) is 12.0. The summed E-state index contributed by atoms with van der Waals surface area (Å²) >= 11 is 2.86. The maximum absolute atomic E-state index is 12.4. The Morgan fingerprint density at radius 2 is 1.76 bits per heavy atom. The van der Waals surface area contributed by atoms with Crippen molar-refractivity contribution in [3.8, 4) is 22.2 Å². The maximum atomic E-state index is 12.4. The van der Waals surface area contributed by atoms with Crippen molar-refractivity contribution in [2.75, 3.05) is 11.1 Å². The van der Waals surface area contributed by atoms with Gasteiger partial charge in [0.2, 0.25) is 11.8 Å². The summed E-state index contributed by atoms with van der Waals surface area (Å²) in [5.74, 6) is 1.06. The van der Waals surface area contributed by atoms with Gasteiger partial charge in [-0.3, -0.25) is 4.79 Å². The highest BCUT2D eigenvalue weighted by molar-refractivity contribution is 8.00. The van der Waals surface area contributed by atoms with Crippen LogP contribution in [0.4, 0.5) is 5.69 Å². The van der Waals surface area contributed by atoms with E-state index < -0.39 is 0 Å². The van der Waals surface area contributed by atoms with E-state index in [0.717, 1.165) is 42.5 Å². The quantitative estimate of drug-likeness (QED) is 0.248. The molecule has 0 saturated heterocycles. The number of hydrogen-bond donors (Lipinski definition) is 1. The summed E-state index contributed by atoms with van der Waals surface area (Å²) in [5, 5.41) is 13.0. The first-order valence-electron chi connectivity index (χ1n) is 10.2. The molecular weight excluding hydrogens is 454 g/mol. The molecule has 5 aromatic rings. The van der Waals surface area contributed by atoms with Gasteiger partial charge in [0.1, 0.15) is 16.2 Å². The Morgan fingerprint density at radius 3 is 2.55 bits per heavy atom. The Hall–Kier alpha value is -3.56. The molecule has 0 aliphatic rings. The van der Waals surface area contributed by atoms with E-state index in [1.807, 2.05) is 68.4 Å². The van der Waals surface area contributed by atoms with Crippen LogP contribution in [0.3, 0.4) is 0 Å². The molecule has 7 nitrogen and oxygen atoms in total. The molecule has 5 rings (SSSR count). The Labute approximate surface area is 198 Å². The summed E-state index contributed by atoms with van der Waals surface area (Å²) < 4.78 is 5.95. The third-order valence-electron chi connectivity index (χ3n) is 5.01. The number of fused-ring (bicyclic) bond motifs is 1. The van der Waals surface area contributed by atoms with Gasteiger partial charge in [-0.15, -0.1) is 21.5 Å². The van der Waals surface area contributed by atoms with Gasteiger partial charge < -0.3 is 9.73 Å². The van der Waals surface area contributed by atoms with Crippen molar-refractivity contribution in [2.24, 2.45) is 0 Å². The Bertz CT molecular complexity index is 1430. The van der Waals surface area contributed by atoms with Crippen molar-refractivity contribution in [3.05, 3.63) is 72.1 Å². The van der Waals surface area contributed by atoms with Crippen molar-refractivity contribution in [3.63, 3.8) is 0 Å². The van der Waals surface area contributed by atoms with Crippen molar-refractivity contribution >= 4 is 44.9 Å². The normalized spacial score (nSPS) is 11.1. The molecule has 0 aliphatic carbocycles. The molecule has 0 aliphatic heterocycles. The van der Waals surface area contributed by atoms with Gasteiger partial charge in [0.15, 0.2) is 0 Å². The molecule has 9 heteroatoms. The first kappa shape index (κ1) is 21.3. The van der Waals surface area contributed by atoms with Crippen molar-refractivity contribution < 1.29 is 9.21 Å². The lowest BCUT2D eigenvalue weighted by Crippen LogP contribution is -2.14. The minimum atomic E-state index is -0.0897. The number of aryl methyl sites for hydroxylation is 2. The second kappa shape index (κ2) is 9.13. The van der Waals surface area contributed by atoms with Gasteiger partial charge in [0, 0.05) is 16.6 Å². The number of thioether (sulfide) groups is 1. The van der Waals surface area contributed by atoms with Crippen LogP contribution < -0.4 is 5.32 Å². The highest BCUT2D eigenvalue weighted by atomic mass is 32.2. The van der Waals surface area contributed by atoms with E-state index in [9.17, 15) is 4.79 Å². The lowest BCUT2D eigenvalue weighted by atomic mass is 10.2. The molecule has 0 unspecified atom stereocenters. The first-order chi connectivity index (χ1) is 16.1. The third-order valence-corrected chi connectivity index (χ3v) is 7.18. The minimum Gasteiger partial charge on any atom is -0.415 e. The number of anilines is 1. The zero-order valence-electron chi connectivity index (χ0n) is 17.9. The number of carbonyl (C=O) groups is 1. The molecule has 0 bridgehead atoms. The molecule has 0 fully saturated rings. The van der Waals surface area contributed by atoms with Crippen LogP contribution in [-0.2, 0) is 4.79 Å². The van der Waals surface area contributed by atoms with Crippen molar-refractivity contribution in [1.82, 2.24) is 20.2 Å². The molecule has 1 amide bonds. The summed E-state index contributed by atoms with van der Waals surface area (Å²) in [7, 11) is 0. The molecule has 0 atom stereocenters. The summed E-state index contributed by atoms with van der Waals surface area (Å²) in [6.07, 6.45) is 1.52. The number of carbonyl (C=O) groups excluding carboxylic acids is 1. The van der Waals surface area contributed by atoms with Gasteiger partial charge in [-0.05, 0) is 43.7 Å². The van der Waals surface area contributed by atoms with Gasteiger partial charge in [-0.25, -0.2) is 9.97 Å². The van der Waals surface area contributed by atoms with E-state index in [1.54, 1.807) is 0 Å². The highest BCUT2D eigenvalue weighted by Gasteiger charge is 2.21. The molecular formula is C24H19N5O2S2. The van der Waals surface area contributed by atoms with E-state index in [2.05, 4.69) is 25.5 Å². The SMILES string of the molecule is Cc1ccc(NC(=O)CSc2ncnc3sc(-c4nnc(-c5ccccc5)o4)c(C)c23)cc1. The summed E-state index contributed by atoms with van der Waals surface area (Å²) in [6.45, 7) is 4.00.